The van der Waals surface area contributed by atoms with E-state index < -0.39 is 0 Å². The van der Waals surface area contributed by atoms with Crippen molar-refractivity contribution in [3.8, 4) is 0 Å². The Labute approximate surface area is 87.6 Å². The maximum Gasteiger partial charge on any atom is 0.0461 e. The van der Waals surface area contributed by atoms with Crippen LogP contribution in [0.5, 0.6) is 0 Å². The van der Waals surface area contributed by atoms with Crippen LogP contribution in [0.2, 0.25) is 0 Å². The number of nitrogens with one attached hydrogen (secondary N) is 1. The molecule has 0 aliphatic heterocycles. The minimum Gasteiger partial charge on any atom is -0.398 e. The Balaban J connectivity index is 2.53. The average molecular weight is 243 g/mol. The van der Waals surface area contributed by atoms with Gasteiger partial charge in [-0.05, 0) is 46.6 Å². The van der Waals surface area contributed by atoms with E-state index in [0.717, 1.165) is 29.7 Å². The summed E-state index contributed by atoms with van der Waals surface area (Å²) in [7, 11) is 0. The summed E-state index contributed by atoms with van der Waals surface area (Å²) in [5.41, 5.74) is 7.78. The molecule has 0 heterocycles. The molecule has 0 aromatic heterocycles. The second kappa shape index (κ2) is 5.25. The van der Waals surface area contributed by atoms with Gasteiger partial charge in [-0.2, -0.15) is 0 Å². The lowest BCUT2D eigenvalue weighted by molar-refractivity contribution is 0.675. The van der Waals surface area contributed by atoms with Gasteiger partial charge in [-0.15, -0.1) is 0 Å². The largest absolute Gasteiger partial charge is 0.398 e. The summed E-state index contributed by atoms with van der Waals surface area (Å²) in [5.74, 6) is 0. The molecule has 1 aromatic rings. The first-order valence-corrected chi connectivity index (χ1v) is 5.28. The normalized spacial score (nSPS) is 10.3. The molecule has 0 saturated carbocycles. The van der Waals surface area contributed by atoms with Crippen molar-refractivity contribution >= 4 is 21.6 Å². The molecule has 0 aliphatic rings. The van der Waals surface area contributed by atoms with Crippen molar-refractivity contribution in [3.05, 3.63) is 28.2 Å². The van der Waals surface area contributed by atoms with E-state index >= 15 is 0 Å². The molecule has 0 unspecified atom stereocenters. The Bertz CT molecular complexity index is 274. The summed E-state index contributed by atoms with van der Waals surface area (Å²) in [6.07, 6.45) is 1.16. The van der Waals surface area contributed by atoms with Crippen molar-refractivity contribution in [2.24, 2.45) is 0 Å². The quantitative estimate of drug-likeness (QED) is 0.630. The maximum atomic E-state index is 5.75. The average Bonchev–Trinajstić information content (AvgIpc) is 2.12. The maximum absolute atomic E-state index is 5.75. The van der Waals surface area contributed by atoms with Crippen LogP contribution in [-0.4, -0.2) is 6.54 Å². The van der Waals surface area contributed by atoms with Crippen LogP contribution in [0.25, 0.3) is 0 Å². The predicted molar refractivity (Wildman–Crippen MR) is 60.6 cm³/mol. The molecule has 0 saturated heterocycles. The second-order valence-electron chi connectivity index (χ2n) is 3.03. The predicted octanol–water partition coefficient (Wildman–Crippen LogP) is 2.53. The summed E-state index contributed by atoms with van der Waals surface area (Å²) >= 11 is 3.37. The number of benzene rings is 1. The van der Waals surface area contributed by atoms with E-state index in [1.165, 1.54) is 5.56 Å². The minimum absolute atomic E-state index is 0.802. The van der Waals surface area contributed by atoms with E-state index in [2.05, 4.69) is 34.2 Å². The van der Waals surface area contributed by atoms with Gasteiger partial charge in [-0.1, -0.05) is 13.0 Å². The molecule has 13 heavy (non-hydrogen) atoms. The first-order chi connectivity index (χ1) is 6.24. The molecule has 0 aliphatic carbocycles. The summed E-state index contributed by atoms with van der Waals surface area (Å²) in [6.45, 7) is 4.10. The molecular weight excluding hydrogens is 228 g/mol. The molecule has 0 radical (unpaired) electrons. The molecule has 0 amide bonds. The van der Waals surface area contributed by atoms with E-state index in [1.54, 1.807) is 0 Å². The fourth-order valence-electron chi connectivity index (χ4n) is 1.11. The van der Waals surface area contributed by atoms with Crippen molar-refractivity contribution in [1.82, 2.24) is 5.32 Å². The van der Waals surface area contributed by atoms with Crippen LogP contribution < -0.4 is 11.1 Å². The Kier molecular flexibility index (Phi) is 4.25. The van der Waals surface area contributed by atoms with Crippen LogP contribution in [0.3, 0.4) is 0 Å². The Hall–Kier alpha value is -0.540. The molecule has 3 heteroatoms. The molecule has 0 atom stereocenters. The summed E-state index contributed by atoms with van der Waals surface area (Å²) in [6, 6.07) is 6.05. The van der Waals surface area contributed by atoms with Crippen LogP contribution in [0.15, 0.2) is 22.7 Å². The third-order valence-electron chi connectivity index (χ3n) is 1.82. The fourth-order valence-corrected chi connectivity index (χ4v) is 1.36. The molecular formula is C10H15BrN2. The summed E-state index contributed by atoms with van der Waals surface area (Å²) < 4.78 is 0.965. The number of rotatable bonds is 4. The highest BCUT2D eigenvalue weighted by molar-refractivity contribution is 9.10. The van der Waals surface area contributed by atoms with E-state index in [1.807, 2.05) is 12.1 Å². The van der Waals surface area contributed by atoms with Crippen molar-refractivity contribution in [1.29, 1.82) is 0 Å². The van der Waals surface area contributed by atoms with E-state index in [4.69, 9.17) is 5.73 Å². The molecule has 72 valence electrons. The lowest BCUT2D eigenvalue weighted by atomic mass is 10.2. The van der Waals surface area contributed by atoms with Crippen LogP contribution in [0.4, 0.5) is 5.69 Å². The number of nitrogen functional groups attached to an aromatic ring is 1. The van der Waals surface area contributed by atoms with Crippen LogP contribution in [0, 0.1) is 0 Å². The standard InChI is InChI=1S/C10H15BrN2/c1-2-5-13-7-8-3-4-9(11)10(12)6-8/h3-4,6,13H,2,5,7,12H2,1H3. The highest BCUT2D eigenvalue weighted by Crippen LogP contribution is 2.19. The minimum atomic E-state index is 0.802. The van der Waals surface area contributed by atoms with E-state index in [-0.39, 0.29) is 0 Å². The van der Waals surface area contributed by atoms with E-state index in [0.29, 0.717) is 0 Å². The zero-order valence-electron chi connectivity index (χ0n) is 7.81. The molecule has 0 bridgehead atoms. The van der Waals surface area contributed by atoms with Gasteiger partial charge in [0.15, 0.2) is 0 Å². The van der Waals surface area contributed by atoms with Gasteiger partial charge in [0.2, 0.25) is 0 Å². The smallest absolute Gasteiger partial charge is 0.0461 e. The van der Waals surface area contributed by atoms with Crippen LogP contribution >= 0.6 is 15.9 Å². The second-order valence-corrected chi connectivity index (χ2v) is 3.89. The number of hydrogen-bond donors (Lipinski definition) is 2. The van der Waals surface area contributed by atoms with Gasteiger partial charge in [-0.25, -0.2) is 0 Å². The molecule has 3 N–H and O–H groups in total. The monoisotopic (exact) mass is 242 g/mol. The van der Waals surface area contributed by atoms with Crippen molar-refractivity contribution < 1.29 is 0 Å². The lowest BCUT2D eigenvalue weighted by Crippen LogP contribution is -2.13. The van der Waals surface area contributed by atoms with Crippen molar-refractivity contribution in [2.75, 3.05) is 12.3 Å². The number of halogens is 1. The molecule has 2 nitrogen and oxygen atoms in total. The molecule has 0 fully saturated rings. The molecule has 1 aromatic carbocycles. The Morgan fingerprint density at radius 3 is 2.85 bits per heavy atom. The lowest BCUT2D eigenvalue weighted by Gasteiger charge is -2.05. The Morgan fingerprint density at radius 2 is 2.23 bits per heavy atom. The fraction of sp³-hybridized carbons (Fsp3) is 0.400. The third kappa shape index (κ3) is 3.36. The Morgan fingerprint density at radius 1 is 1.46 bits per heavy atom. The van der Waals surface area contributed by atoms with Gasteiger partial charge < -0.3 is 11.1 Å². The zero-order chi connectivity index (χ0) is 9.68. The number of hydrogen-bond acceptors (Lipinski definition) is 2. The van der Waals surface area contributed by atoms with Gasteiger partial charge >= 0.3 is 0 Å². The van der Waals surface area contributed by atoms with Gasteiger partial charge in [0.25, 0.3) is 0 Å². The first kappa shape index (κ1) is 10.5. The third-order valence-corrected chi connectivity index (χ3v) is 2.54. The number of anilines is 1. The highest BCUT2D eigenvalue weighted by Gasteiger charge is 1.96. The van der Waals surface area contributed by atoms with Gasteiger partial charge in [-0.3, -0.25) is 0 Å². The summed E-state index contributed by atoms with van der Waals surface area (Å²) in [5, 5.41) is 3.33. The topological polar surface area (TPSA) is 38.0 Å². The van der Waals surface area contributed by atoms with Crippen LogP contribution in [-0.2, 0) is 6.54 Å². The van der Waals surface area contributed by atoms with E-state index in [9.17, 15) is 0 Å². The highest BCUT2D eigenvalue weighted by atomic mass is 79.9. The SMILES string of the molecule is CCCNCc1ccc(Br)c(N)c1. The van der Waals surface area contributed by atoms with Crippen LogP contribution in [0.1, 0.15) is 18.9 Å². The molecule has 1 rings (SSSR count). The van der Waals surface area contributed by atoms with Crippen molar-refractivity contribution in [3.63, 3.8) is 0 Å². The first-order valence-electron chi connectivity index (χ1n) is 4.48. The summed E-state index contributed by atoms with van der Waals surface area (Å²) in [4.78, 5) is 0. The molecule has 0 spiro atoms. The number of nitrogens with two attached hydrogens (primary N) is 1. The van der Waals surface area contributed by atoms with Gasteiger partial charge in [0.05, 0.1) is 0 Å². The van der Waals surface area contributed by atoms with Gasteiger partial charge in [0.1, 0.15) is 0 Å². The van der Waals surface area contributed by atoms with Gasteiger partial charge in [0, 0.05) is 16.7 Å². The zero-order valence-corrected chi connectivity index (χ0v) is 9.39. The van der Waals surface area contributed by atoms with Crippen molar-refractivity contribution in [2.45, 2.75) is 19.9 Å².